The topological polar surface area (TPSA) is 51.7 Å². The lowest BCUT2D eigenvalue weighted by atomic mass is 10.1. The lowest BCUT2D eigenvalue weighted by molar-refractivity contribution is 0.0628. The van der Waals surface area contributed by atoms with Crippen LogP contribution in [0.15, 0.2) is 60.8 Å². The van der Waals surface area contributed by atoms with Crippen molar-refractivity contribution in [1.82, 2.24) is 14.8 Å². The van der Waals surface area contributed by atoms with E-state index in [1.807, 2.05) is 29.2 Å². The molecule has 0 unspecified atom stereocenters. The van der Waals surface area contributed by atoms with Crippen LogP contribution in [0.5, 0.6) is 0 Å². The van der Waals surface area contributed by atoms with Gasteiger partial charge in [0.1, 0.15) is 5.82 Å². The number of carbonyl (C=O) groups is 1. The fourth-order valence-electron chi connectivity index (χ4n) is 4.54. The van der Waals surface area contributed by atoms with Crippen LogP contribution in [0.25, 0.3) is 0 Å². The largest absolute Gasteiger partial charge is 0.367 e. The van der Waals surface area contributed by atoms with E-state index in [0.717, 1.165) is 49.8 Å². The standard InChI is InChI=1S/C26H27Cl2N5O/c27-22-6-7-23(28)21(14-22)18-33-9-8-29-25-24(33)15-20(16-30-25)26(34)32-12-10-31(11-13-32)17-19-4-2-1-3-5-19/h1-7,14-16H,8-13,17-18H2,(H,29,30). The molecule has 2 aliphatic heterocycles. The van der Waals surface area contributed by atoms with Gasteiger partial charge in [-0.25, -0.2) is 4.98 Å². The van der Waals surface area contributed by atoms with Crippen molar-refractivity contribution in [1.29, 1.82) is 0 Å². The van der Waals surface area contributed by atoms with Crippen LogP contribution in [0.2, 0.25) is 10.0 Å². The van der Waals surface area contributed by atoms with Gasteiger partial charge in [-0.2, -0.15) is 0 Å². The molecule has 5 rings (SSSR count). The summed E-state index contributed by atoms with van der Waals surface area (Å²) in [5, 5.41) is 4.67. The number of amides is 1. The number of hydrogen-bond donors (Lipinski definition) is 1. The van der Waals surface area contributed by atoms with Gasteiger partial charge in [-0.05, 0) is 35.4 Å². The molecular weight excluding hydrogens is 469 g/mol. The van der Waals surface area contributed by atoms with Crippen molar-refractivity contribution >= 4 is 40.6 Å². The molecule has 0 radical (unpaired) electrons. The number of carbonyl (C=O) groups excluding carboxylic acids is 1. The average Bonchev–Trinajstić information content (AvgIpc) is 2.87. The Kier molecular flexibility index (Phi) is 6.90. The number of halogens is 2. The van der Waals surface area contributed by atoms with Crippen molar-refractivity contribution in [2.24, 2.45) is 0 Å². The van der Waals surface area contributed by atoms with Gasteiger partial charge < -0.3 is 15.1 Å². The van der Waals surface area contributed by atoms with Crippen molar-refractivity contribution in [3.8, 4) is 0 Å². The zero-order valence-corrected chi connectivity index (χ0v) is 20.4. The van der Waals surface area contributed by atoms with E-state index in [2.05, 4.69) is 44.4 Å². The number of aromatic nitrogens is 1. The van der Waals surface area contributed by atoms with Gasteiger partial charge in [-0.15, -0.1) is 0 Å². The lowest BCUT2D eigenvalue weighted by Gasteiger charge is -2.35. The van der Waals surface area contributed by atoms with E-state index in [1.165, 1.54) is 5.56 Å². The van der Waals surface area contributed by atoms with Gasteiger partial charge in [0.25, 0.3) is 5.91 Å². The molecule has 0 aliphatic carbocycles. The first-order valence-electron chi connectivity index (χ1n) is 11.6. The van der Waals surface area contributed by atoms with Crippen molar-refractivity contribution in [2.75, 3.05) is 49.5 Å². The Morgan fingerprint density at radius 2 is 1.74 bits per heavy atom. The average molecular weight is 496 g/mol. The van der Waals surface area contributed by atoms with E-state index in [1.54, 1.807) is 12.3 Å². The molecule has 3 heterocycles. The number of nitrogens with zero attached hydrogens (tertiary/aromatic N) is 4. The Bertz CT molecular complexity index is 1170. The second-order valence-electron chi connectivity index (χ2n) is 8.73. The SMILES string of the molecule is O=C(c1cnc2c(c1)N(Cc1cc(Cl)ccc1Cl)CCN2)N1CCN(Cc2ccccc2)CC1. The predicted molar refractivity (Wildman–Crippen MR) is 138 cm³/mol. The number of benzene rings is 2. The minimum atomic E-state index is 0.0287. The molecule has 2 aliphatic rings. The highest BCUT2D eigenvalue weighted by molar-refractivity contribution is 6.33. The maximum Gasteiger partial charge on any atom is 0.255 e. The lowest BCUT2D eigenvalue weighted by Crippen LogP contribution is -2.48. The first-order chi connectivity index (χ1) is 16.6. The summed E-state index contributed by atoms with van der Waals surface area (Å²) in [6, 6.07) is 17.9. The van der Waals surface area contributed by atoms with Gasteiger partial charge in [-0.3, -0.25) is 9.69 Å². The number of nitrogens with one attached hydrogen (secondary N) is 1. The van der Waals surface area contributed by atoms with Crippen molar-refractivity contribution in [3.05, 3.63) is 87.5 Å². The third kappa shape index (κ3) is 5.14. The second kappa shape index (κ2) is 10.2. The monoisotopic (exact) mass is 495 g/mol. The van der Waals surface area contributed by atoms with E-state index < -0.39 is 0 Å². The minimum absolute atomic E-state index is 0.0287. The van der Waals surface area contributed by atoms with Crippen LogP contribution in [0.3, 0.4) is 0 Å². The summed E-state index contributed by atoms with van der Waals surface area (Å²) in [5.74, 6) is 0.814. The predicted octanol–water partition coefficient (Wildman–Crippen LogP) is 4.78. The third-order valence-electron chi connectivity index (χ3n) is 6.41. The van der Waals surface area contributed by atoms with Crippen molar-refractivity contribution < 1.29 is 4.79 Å². The van der Waals surface area contributed by atoms with Crippen LogP contribution in [-0.2, 0) is 13.1 Å². The van der Waals surface area contributed by atoms with Crippen LogP contribution in [-0.4, -0.2) is 60.0 Å². The normalized spacial score (nSPS) is 16.2. The Hall–Kier alpha value is -2.80. The first kappa shape index (κ1) is 23.0. The number of fused-ring (bicyclic) bond motifs is 1. The van der Waals surface area contributed by atoms with E-state index in [4.69, 9.17) is 23.2 Å². The third-order valence-corrected chi connectivity index (χ3v) is 7.01. The summed E-state index contributed by atoms with van der Waals surface area (Å²) in [5.41, 5.74) is 3.78. The molecule has 0 spiro atoms. The zero-order valence-electron chi connectivity index (χ0n) is 18.9. The molecule has 8 heteroatoms. The summed E-state index contributed by atoms with van der Waals surface area (Å²) in [7, 11) is 0. The maximum atomic E-state index is 13.3. The summed E-state index contributed by atoms with van der Waals surface area (Å²) in [6.07, 6.45) is 1.68. The Balaban J connectivity index is 1.27. The smallest absolute Gasteiger partial charge is 0.255 e. The van der Waals surface area contributed by atoms with E-state index in [0.29, 0.717) is 35.2 Å². The minimum Gasteiger partial charge on any atom is -0.367 e. The summed E-state index contributed by atoms with van der Waals surface area (Å²) >= 11 is 12.6. The highest BCUT2D eigenvalue weighted by Gasteiger charge is 2.25. The van der Waals surface area contributed by atoms with Crippen LogP contribution in [0.4, 0.5) is 11.5 Å². The van der Waals surface area contributed by atoms with E-state index >= 15 is 0 Å². The molecular formula is C26H27Cl2N5O. The van der Waals surface area contributed by atoms with Crippen LogP contribution in [0, 0.1) is 0 Å². The summed E-state index contributed by atoms with van der Waals surface area (Å²) in [4.78, 5) is 24.4. The summed E-state index contributed by atoms with van der Waals surface area (Å²) < 4.78 is 0. The molecule has 1 fully saturated rings. The quantitative estimate of drug-likeness (QED) is 0.551. The number of anilines is 2. The molecule has 0 saturated carbocycles. The summed E-state index contributed by atoms with van der Waals surface area (Å²) in [6.45, 7) is 6.22. The van der Waals surface area contributed by atoms with Crippen LogP contribution >= 0.6 is 23.2 Å². The van der Waals surface area contributed by atoms with Gasteiger partial charge in [0.2, 0.25) is 0 Å². The van der Waals surface area contributed by atoms with Gasteiger partial charge >= 0.3 is 0 Å². The Morgan fingerprint density at radius 3 is 2.53 bits per heavy atom. The molecule has 1 amide bonds. The fraction of sp³-hybridized carbons (Fsp3) is 0.308. The number of hydrogen-bond acceptors (Lipinski definition) is 5. The number of pyridine rings is 1. The van der Waals surface area contributed by atoms with Crippen molar-refractivity contribution in [2.45, 2.75) is 13.1 Å². The van der Waals surface area contributed by atoms with Gasteiger partial charge in [0.05, 0.1) is 11.3 Å². The molecule has 0 atom stereocenters. The molecule has 1 N–H and O–H groups in total. The van der Waals surface area contributed by atoms with Crippen LogP contribution < -0.4 is 10.2 Å². The van der Waals surface area contributed by atoms with E-state index in [9.17, 15) is 4.79 Å². The fourth-order valence-corrected chi connectivity index (χ4v) is 4.92. The second-order valence-corrected chi connectivity index (χ2v) is 9.57. The van der Waals surface area contributed by atoms with Crippen LogP contribution in [0.1, 0.15) is 21.5 Å². The van der Waals surface area contributed by atoms with Gasteiger partial charge in [-0.1, -0.05) is 53.5 Å². The van der Waals surface area contributed by atoms with Crippen molar-refractivity contribution in [3.63, 3.8) is 0 Å². The first-order valence-corrected chi connectivity index (χ1v) is 12.3. The van der Waals surface area contributed by atoms with Gasteiger partial charge in [0, 0.05) is 68.6 Å². The molecule has 0 bridgehead atoms. The molecule has 176 valence electrons. The Labute approximate surface area is 210 Å². The Morgan fingerprint density at radius 1 is 0.941 bits per heavy atom. The molecule has 2 aromatic carbocycles. The van der Waals surface area contributed by atoms with E-state index in [-0.39, 0.29) is 5.91 Å². The highest BCUT2D eigenvalue weighted by Crippen LogP contribution is 2.31. The molecule has 6 nitrogen and oxygen atoms in total. The molecule has 34 heavy (non-hydrogen) atoms. The molecule has 1 aromatic heterocycles. The number of piperazine rings is 1. The molecule has 1 saturated heterocycles. The van der Waals surface area contributed by atoms with Gasteiger partial charge in [0.15, 0.2) is 0 Å². The zero-order chi connectivity index (χ0) is 23.5. The maximum absolute atomic E-state index is 13.3. The highest BCUT2D eigenvalue weighted by atomic mass is 35.5. The molecule has 3 aromatic rings. The number of rotatable bonds is 5.